The topological polar surface area (TPSA) is 76.2 Å². The maximum Gasteiger partial charge on any atom is 0.294 e. The van der Waals surface area contributed by atoms with Gasteiger partial charge in [0.05, 0.1) is 11.5 Å². The first-order chi connectivity index (χ1) is 18.9. The van der Waals surface area contributed by atoms with Crippen LogP contribution in [0.2, 0.25) is 0 Å². The van der Waals surface area contributed by atoms with Crippen molar-refractivity contribution in [2.24, 2.45) is 0 Å². The van der Waals surface area contributed by atoms with E-state index in [2.05, 4.69) is 29.2 Å². The summed E-state index contributed by atoms with van der Waals surface area (Å²) in [6.07, 6.45) is 8.10. The number of benzene rings is 2. The molecular formula is C30H33IN2O5S. The highest BCUT2D eigenvalue weighted by atomic mass is 127. The third-order valence-corrected chi connectivity index (χ3v) is 8.16. The van der Waals surface area contributed by atoms with Gasteiger partial charge in [0.15, 0.2) is 11.5 Å². The number of hydrogen-bond donors (Lipinski definition) is 0. The number of thioether (sulfide) groups is 1. The zero-order valence-electron chi connectivity index (χ0n) is 22.1. The lowest BCUT2D eigenvalue weighted by Gasteiger charge is -2.22. The summed E-state index contributed by atoms with van der Waals surface area (Å²) in [5.74, 6) is 0.560. The summed E-state index contributed by atoms with van der Waals surface area (Å²) in [4.78, 5) is 41.8. The van der Waals surface area contributed by atoms with Gasteiger partial charge in [-0.3, -0.25) is 19.3 Å². The van der Waals surface area contributed by atoms with E-state index >= 15 is 0 Å². The van der Waals surface area contributed by atoms with Crippen LogP contribution in [0.25, 0.3) is 6.08 Å². The number of amides is 3. The SMILES string of the molecule is C=CCc1cc(C=C2SC(=O)N(CC(=O)N3CCCCCC3)C2=O)cc(OCC)c1OCc1ccc(I)cc1. The van der Waals surface area contributed by atoms with Crippen LogP contribution >= 0.6 is 34.4 Å². The summed E-state index contributed by atoms with van der Waals surface area (Å²) >= 11 is 3.12. The molecule has 0 atom stereocenters. The molecule has 0 N–H and O–H groups in total. The van der Waals surface area contributed by atoms with Gasteiger partial charge in [0.25, 0.3) is 11.1 Å². The van der Waals surface area contributed by atoms with E-state index in [1.54, 1.807) is 17.1 Å². The Morgan fingerprint density at radius 3 is 2.46 bits per heavy atom. The number of rotatable bonds is 10. The predicted octanol–water partition coefficient (Wildman–Crippen LogP) is 6.44. The second kappa shape index (κ2) is 14.0. The molecule has 39 heavy (non-hydrogen) atoms. The second-order valence-corrected chi connectivity index (χ2v) is 11.6. The van der Waals surface area contributed by atoms with Crippen LogP contribution in [0.4, 0.5) is 4.79 Å². The summed E-state index contributed by atoms with van der Waals surface area (Å²) in [6.45, 7) is 7.72. The van der Waals surface area contributed by atoms with Gasteiger partial charge in [-0.15, -0.1) is 6.58 Å². The molecule has 0 bridgehead atoms. The van der Waals surface area contributed by atoms with Crippen LogP contribution in [0.5, 0.6) is 11.5 Å². The van der Waals surface area contributed by atoms with E-state index in [4.69, 9.17) is 9.47 Å². The van der Waals surface area contributed by atoms with E-state index in [0.29, 0.717) is 49.8 Å². The molecule has 0 aliphatic carbocycles. The highest BCUT2D eigenvalue weighted by Crippen LogP contribution is 2.38. The quantitative estimate of drug-likeness (QED) is 0.166. The summed E-state index contributed by atoms with van der Waals surface area (Å²) in [7, 11) is 0. The molecule has 0 unspecified atom stereocenters. The Morgan fingerprint density at radius 1 is 1.08 bits per heavy atom. The summed E-state index contributed by atoms with van der Waals surface area (Å²) < 4.78 is 13.3. The normalized spacial score (nSPS) is 16.9. The van der Waals surface area contributed by atoms with Gasteiger partial charge in [-0.1, -0.05) is 31.1 Å². The van der Waals surface area contributed by atoms with Gasteiger partial charge in [-0.05, 0) is 102 Å². The summed E-state index contributed by atoms with van der Waals surface area (Å²) in [5, 5.41) is -0.428. The Hall–Kier alpha value is -2.79. The molecule has 2 heterocycles. The Balaban J connectivity index is 1.55. The standard InChI is InChI=1S/C30H33IN2O5S/c1-3-9-23-16-22(17-25(37-4-2)28(23)38-20-21-10-12-24(31)13-11-21)18-26-29(35)33(30(36)39-26)19-27(34)32-14-7-5-6-8-15-32/h3,10-13,16-18H,1,4-9,14-15,19-20H2,2H3. The highest BCUT2D eigenvalue weighted by molar-refractivity contribution is 14.1. The first kappa shape index (κ1) is 29.2. The average molecular weight is 661 g/mol. The fraction of sp³-hybridized carbons (Fsp3) is 0.367. The molecule has 2 aromatic carbocycles. The molecule has 2 aromatic rings. The van der Waals surface area contributed by atoms with E-state index in [-0.39, 0.29) is 17.4 Å². The molecule has 4 rings (SSSR count). The second-order valence-electron chi connectivity index (χ2n) is 9.41. The van der Waals surface area contributed by atoms with Gasteiger partial charge in [0, 0.05) is 22.2 Å². The van der Waals surface area contributed by atoms with Crippen molar-refractivity contribution in [2.75, 3.05) is 26.2 Å². The van der Waals surface area contributed by atoms with Crippen molar-refractivity contribution < 1.29 is 23.9 Å². The summed E-state index contributed by atoms with van der Waals surface area (Å²) in [5.41, 5.74) is 2.61. The van der Waals surface area contributed by atoms with E-state index < -0.39 is 11.1 Å². The van der Waals surface area contributed by atoms with E-state index in [1.165, 1.54) is 0 Å². The van der Waals surface area contributed by atoms with Crippen molar-refractivity contribution in [3.05, 3.63) is 74.2 Å². The smallest absolute Gasteiger partial charge is 0.294 e. The van der Waals surface area contributed by atoms with Crippen molar-refractivity contribution in [1.82, 2.24) is 9.80 Å². The molecule has 0 saturated carbocycles. The van der Waals surface area contributed by atoms with E-state index in [1.807, 2.05) is 43.3 Å². The third-order valence-electron chi connectivity index (χ3n) is 6.54. The van der Waals surface area contributed by atoms with Gasteiger partial charge >= 0.3 is 0 Å². The maximum absolute atomic E-state index is 13.2. The number of hydrogen-bond acceptors (Lipinski definition) is 6. The number of likely N-dealkylation sites (tertiary alicyclic amines) is 1. The molecule has 0 radical (unpaired) electrons. The molecule has 7 nitrogen and oxygen atoms in total. The molecule has 2 aliphatic rings. The Labute approximate surface area is 247 Å². The minimum absolute atomic E-state index is 0.179. The first-order valence-corrected chi connectivity index (χ1v) is 15.1. The molecule has 2 aliphatic heterocycles. The fourth-order valence-electron chi connectivity index (χ4n) is 4.58. The Morgan fingerprint density at radius 2 is 1.79 bits per heavy atom. The van der Waals surface area contributed by atoms with E-state index in [9.17, 15) is 14.4 Å². The van der Waals surface area contributed by atoms with E-state index in [0.717, 1.165) is 57.0 Å². The van der Waals surface area contributed by atoms with Gasteiger partial charge in [0.1, 0.15) is 13.2 Å². The zero-order chi connectivity index (χ0) is 27.8. The Kier molecular flexibility index (Phi) is 10.5. The van der Waals surface area contributed by atoms with Crippen LogP contribution < -0.4 is 9.47 Å². The molecule has 2 saturated heterocycles. The number of allylic oxidation sites excluding steroid dienone is 1. The summed E-state index contributed by atoms with van der Waals surface area (Å²) in [6, 6.07) is 11.9. The molecule has 206 valence electrons. The van der Waals surface area contributed by atoms with Gasteiger partial charge in [-0.2, -0.15) is 0 Å². The van der Waals surface area contributed by atoms with Crippen molar-refractivity contribution in [3.8, 4) is 11.5 Å². The minimum atomic E-state index is -0.449. The zero-order valence-corrected chi connectivity index (χ0v) is 25.1. The van der Waals surface area contributed by atoms with Crippen molar-refractivity contribution >= 4 is 57.5 Å². The maximum atomic E-state index is 13.2. The third kappa shape index (κ3) is 7.66. The van der Waals surface area contributed by atoms with Crippen molar-refractivity contribution in [2.45, 2.75) is 45.6 Å². The van der Waals surface area contributed by atoms with Crippen LogP contribution in [0.3, 0.4) is 0 Å². The lowest BCUT2D eigenvalue weighted by Crippen LogP contribution is -2.42. The lowest BCUT2D eigenvalue weighted by molar-refractivity contribution is -0.135. The average Bonchev–Trinajstić information content (AvgIpc) is 3.10. The fourth-order valence-corrected chi connectivity index (χ4v) is 5.78. The van der Waals surface area contributed by atoms with Gasteiger partial charge in [-0.25, -0.2) is 0 Å². The highest BCUT2D eigenvalue weighted by Gasteiger charge is 2.37. The predicted molar refractivity (Wildman–Crippen MR) is 163 cm³/mol. The van der Waals surface area contributed by atoms with Gasteiger partial charge < -0.3 is 14.4 Å². The number of carbonyl (C=O) groups is 3. The van der Waals surface area contributed by atoms with Crippen molar-refractivity contribution in [3.63, 3.8) is 0 Å². The number of halogens is 1. The molecule has 3 amide bonds. The monoisotopic (exact) mass is 660 g/mol. The Bertz CT molecular complexity index is 1250. The first-order valence-electron chi connectivity index (χ1n) is 13.2. The number of carbonyl (C=O) groups excluding carboxylic acids is 3. The molecule has 0 aromatic heterocycles. The molecular weight excluding hydrogens is 627 g/mol. The van der Waals surface area contributed by atoms with Crippen LogP contribution in [0.1, 0.15) is 49.3 Å². The van der Waals surface area contributed by atoms with Gasteiger partial charge in [0.2, 0.25) is 5.91 Å². The molecule has 2 fully saturated rings. The van der Waals surface area contributed by atoms with Crippen LogP contribution in [-0.4, -0.2) is 53.1 Å². The van der Waals surface area contributed by atoms with Crippen LogP contribution in [-0.2, 0) is 22.6 Å². The lowest BCUT2D eigenvalue weighted by atomic mass is 10.0. The number of imide groups is 1. The number of ether oxygens (including phenoxy) is 2. The number of nitrogens with zero attached hydrogens (tertiary/aromatic N) is 2. The van der Waals surface area contributed by atoms with Crippen molar-refractivity contribution in [1.29, 1.82) is 0 Å². The van der Waals surface area contributed by atoms with Crippen LogP contribution in [0.15, 0.2) is 54.0 Å². The minimum Gasteiger partial charge on any atom is -0.490 e. The van der Waals surface area contributed by atoms with Crippen LogP contribution in [0, 0.1) is 3.57 Å². The molecule has 0 spiro atoms. The molecule has 9 heteroatoms. The largest absolute Gasteiger partial charge is 0.490 e.